The molecular formula is C13H26O3Si. The van der Waals surface area contributed by atoms with Gasteiger partial charge in [0.15, 0.2) is 8.32 Å². The van der Waals surface area contributed by atoms with E-state index in [2.05, 4.69) is 33.9 Å². The highest BCUT2D eigenvalue weighted by Crippen LogP contribution is 2.36. The summed E-state index contributed by atoms with van der Waals surface area (Å²) in [4.78, 5) is 10.7. The van der Waals surface area contributed by atoms with Crippen LogP contribution in [0, 0.1) is 0 Å². The fourth-order valence-electron chi connectivity index (χ4n) is 1.02. The molecule has 3 nitrogen and oxygen atoms in total. The van der Waals surface area contributed by atoms with Crippen molar-refractivity contribution < 1.29 is 14.0 Å². The van der Waals surface area contributed by atoms with E-state index in [-0.39, 0.29) is 17.1 Å². The summed E-state index contributed by atoms with van der Waals surface area (Å²) >= 11 is 0. The highest BCUT2D eigenvalue weighted by atomic mass is 28.4. The number of carbonyl (C=O) groups excluding carboxylic acids is 1. The number of ether oxygens (including phenoxy) is 1. The van der Waals surface area contributed by atoms with Gasteiger partial charge in [-0.1, -0.05) is 26.8 Å². The number of esters is 1. The van der Waals surface area contributed by atoms with Gasteiger partial charge in [0.1, 0.15) is 6.10 Å². The van der Waals surface area contributed by atoms with Gasteiger partial charge >= 0.3 is 5.97 Å². The van der Waals surface area contributed by atoms with E-state index in [1.54, 1.807) is 0 Å². The van der Waals surface area contributed by atoms with Crippen LogP contribution in [0.2, 0.25) is 18.1 Å². The fourth-order valence-corrected chi connectivity index (χ4v) is 1.97. The van der Waals surface area contributed by atoms with Crippen molar-refractivity contribution in [3.63, 3.8) is 0 Å². The summed E-state index contributed by atoms with van der Waals surface area (Å²) in [6.07, 6.45) is 3.60. The lowest BCUT2D eigenvalue weighted by atomic mass is 10.2. The first-order chi connectivity index (χ1) is 7.56. The molecule has 0 N–H and O–H groups in total. The maximum atomic E-state index is 10.7. The van der Waals surface area contributed by atoms with Crippen LogP contribution in [0.5, 0.6) is 0 Å². The molecule has 0 aromatic carbocycles. The zero-order valence-corrected chi connectivity index (χ0v) is 13.2. The summed E-state index contributed by atoms with van der Waals surface area (Å²) in [6, 6.07) is 0. The molecule has 0 spiro atoms. The molecule has 0 aliphatic heterocycles. The van der Waals surface area contributed by atoms with Crippen LogP contribution in [-0.2, 0) is 14.0 Å². The normalized spacial score (nSPS) is 15.0. The van der Waals surface area contributed by atoms with E-state index in [0.29, 0.717) is 6.61 Å². The highest BCUT2D eigenvalue weighted by molar-refractivity contribution is 6.74. The summed E-state index contributed by atoms with van der Waals surface area (Å²) in [5, 5.41) is 0.225. The molecule has 0 unspecified atom stereocenters. The molecule has 0 heterocycles. The van der Waals surface area contributed by atoms with Crippen molar-refractivity contribution in [2.45, 2.75) is 58.9 Å². The fraction of sp³-hybridized carbons (Fsp3) is 0.769. The molecule has 0 aliphatic carbocycles. The molecule has 17 heavy (non-hydrogen) atoms. The van der Waals surface area contributed by atoms with Crippen molar-refractivity contribution in [1.82, 2.24) is 0 Å². The van der Waals surface area contributed by atoms with Crippen molar-refractivity contribution in [1.29, 1.82) is 0 Å². The minimum absolute atomic E-state index is 0.185. The lowest BCUT2D eigenvalue weighted by molar-refractivity contribution is -0.143. The maximum Gasteiger partial charge on any atom is 0.303 e. The monoisotopic (exact) mass is 258 g/mol. The van der Waals surface area contributed by atoms with Gasteiger partial charge in [-0.3, -0.25) is 4.79 Å². The minimum Gasteiger partial charge on any atom is -0.459 e. The number of hydrogen-bond acceptors (Lipinski definition) is 3. The number of rotatable bonds is 5. The Morgan fingerprint density at radius 1 is 1.35 bits per heavy atom. The van der Waals surface area contributed by atoms with Crippen molar-refractivity contribution in [2.24, 2.45) is 0 Å². The Kier molecular flexibility index (Phi) is 6.13. The number of carbonyl (C=O) groups is 1. The predicted octanol–water partition coefficient (Wildman–Crippen LogP) is 3.52. The minimum atomic E-state index is -1.67. The molecule has 0 saturated heterocycles. The van der Waals surface area contributed by atoms with E-state index in [4.69, 9.17) is 9.16 Å². The Labute approximate surface area is 106 Å². The molecule has 0 saturated carbocycles. The summed E-state index contributed by atoms with van der Waals surface area (Å²) in [5.74, 6) is -0.257. The molecule has 0 aromatic heterocycles. The van der Waals surface area contributed by atoms with Crippen LogP contribution < -0.4 is 0 Å². The van der Waals surface area contributed by atoms with E-state index in [1.807, 2.05) is 19.1 Å². The zero-order valence-electron chi connectivity index (χ0n) is 12.2. The molecule has 0 radical (unpaired) electrons. The third kappa shape index (κ3) is 6.63. The average molecular weight is 258 g/mol. The van der Waals surface area contributed by atoms with Gasteiger partial charge in [-0.2, -0.15) is 0 Å². The lowest BCUT2D eigenvalue weighted by Crippen LogP contribution is -2.40. The van der Waals surface area contributed by atoms with Crippen LogP contribution in [0.3, 0.4) is 0 Å². The Hall–Kier alpha value is -0.613. The smallest absolute Gasteiger partial charge is 0.303 e. The summed E-state index contributed by atoms with van der Waals surface area (Å²) in [7, 11) is -1.67. The van der Waals surface area contributed by atoms with E-state index in [0.717, 1.165) is 0 Å². The van der Waals surface area contributed by atoms with Crippen molar-refractivity contribution in [3.05, 3.63) is 12.2 Å². The largest absolute Gasteiger partial charge is 0.459 e. The second-order valence-electron chi connectivity index (χ2n) is 5.81. The standard InChI is InChI=1S/C13H26O3Si/c1-11(16-12(2)14)9-8-10-15-17(6,7)13(3,4)5/h8-9,11H,10H2,1-7H3/b9-8-/t11-/m1/s1. The van der Waals surface area contributed by atoms with Gasteiger partial charge in [-0.25, -0.2) is 0 Å². The van der Waals surface area contributed by atoms with Crippen molar-refractivity contribution in [3.8, 4) is 0 Å². The summed E-state index contributed by atoms with van der Waals surface area (Å²) < 4.78 is 10.9. The second-order valence-corrected chi connectivity index (χ2v) is 10.6. The van der Waals surface area contributed by atoms with Gasteiger partial charge in [-0.15, -0.1) is 0 Å². The predicted molar refractivity (Wildman–Crippen MR) is 73.5 cm³/mol. The lowest BCUT2D eigenvalue weighted by Gasteiger charge is -2.35. The topological polar surface area (TPSA) is 35.5 Å². The van der Waals surface area contributed by atoms with Gasteiger partial charge in [0.05, 0.1) is 6.61 Å². The molecule has 100 valence electrons. The van der Waals surface area contributed by atoms with E-state index in [9.17, 15) is 4.79 Å². The van der Waals surface area contributed by atoms with Gasteiger partial charge in [0, 0.05) is 6.92 Å². The van der Waals surface area contributed by atoms with Crippen LogP contribution in [0.4, 0.5) is 0 Å². The van der Waals surface area contributed by atoms with Crippen LogP contribution in [-0.4, -0.2) is 27.0 Å². The van der Waals surface area contributed by atoms with E-state index >= 15 is 0 Å². The Bertz CT molecular complexity index is 277. The zero-order chi connectivity index (χ0) is 13.7. The van der Waals surface area contributed by atoms with Gasteiger partial charge in [-0.05, 0) is 31.1 Å². The second kappa shape index (κ2) is 6.35. The molecule has 0 aliphatic rings. The third-order valence-electron chi connectivity index (χ3n) is 3.11. The van der Waals surface area contributed by atoms with E-state index < -0.39 is 8.32 Å². The highest BCUT2D eigenvalue weighted by Gasteiger charge is 2.36. The molecule has 1 atom stereocenters. The number of hydrogen-bond donors (Lipinski definition) is 0. The van der Waals surface area contributed by atoms with Crippen LogP contribution in [0.25, 0.3) is 0 Å². The van der Waals surface area contributed by atoms with Crippen LogP contribution in [0.15, 0.2) is 12.2 Å². The van der Waals surface area contributed by atoms with Crippen molar-refractivity contribution in [2.75, 3.05) is 6.61 Å². The molecule has 0 amide bonds. The quantitative estimate of drug-likeness (QED) is 0.430. The van der Waals surface area contributed by atoms with Crippen molar-refractivity contribution >= 4 is 14.3 Å². The molecule has 0 fully saturated rings. The average Bonchev–Trinajstić information content (AvgIpc) is 2.09. The SMILES string of the molecule is CC(=O)O[C@H](C)/C=C\CO[Si](C)(C)C(C)(C)C. The molecule has 0 bridgehead atoms. The maximum absolute atomic E-state index is 10.7. The first kappa shape index (κ1) is 16.4. The van der Waals surface area contributed by atoms with Crippen LogP contribution >= 0.6 is 0 Å². The molecule has 4 heteroatoms. The van der Waals surface area contributed by atoms with Gasteiger partial charge in [0.25, 0.3) is 0 Å². The Morgan fingerprint density at radius 3 is 2.29 bits per heavy atom. The Morgan fingerprint density at radius 2 is 1.88 bits per heavy atom. The first-order valence-electron chi connectivity index (χ1n) is 6.04. The molecule has 0 rings (SSSR count). The summed E-state index contributed by atoms with van der Waals surface area (Å²) in [6.45, 7) is 14.9. The van der Waals surface area contributed by atoms with Gasteiger partial charge in [0.2, 0.25) is 0 Å². The molecule has 0 aromatic rings. The van der Waals surface area contributed by atoms with E-state index in [1.165, 1.54) is 6.92 Å². The first-order valence-corrected chi connectivity index (χ1v) is 8.95. The summed E-state index contributed by atoms with van der Waals surface area (Å²) in [5.41, 5.74) is 0. The third-order valence-corrected chi connectivity index (χ3v) is 7.61. The Balaban J connectivity index is 4.07. The van der Waals surface area contributed by atoms with Gasteiger partial charge < -0.3 is 9.16 Å². The van der Waals surface area contributed by atoms with Crippen LogP contribution in [0.1, 0.15) is 34.6 Å². The molecular weight excluding hydrogens is 232 g/mol.